The average molecular weight is 272 g/mol. The van der Waals surface area contributed by atoms with Gasteiger partial charge in [-0.25, -0.2) is 4.98 Å². The van der Waals surface area contributed by atoms with Crippen molar-refractivity contribution in [3.63, 3.8) is 0 Å². The second-order valence-corrected chi connectivity index (χ2v) is 4.45. The number of ether oxygens (including phenoxy) is 1. The summed E-state index contributed by atoms with van der Waals surface area (Å²) in [4.78, 5) is 8.56. The van der Waals surface area contributed by atoms with E-state index in [1.54, 1.807) is 0 Å². The van der Waals surface area contributed by atoms with Crippen LogP contribution in [-0.2, 0) is 13.1 Å². The van der Waals surface area contributed by atoms with E-state index in [2.05, 4.69) is 27.4 Å². The minimum Gasteiger partial charge on any atom is -0.478 e. The van der Waals surface area contributed by atoms with Crippen molar-refractivity contribution >= 4 is 5.82 Å². The van der Waals surface area contributed by atoms with E-state index in [-0.39, 0.29) is 0 Å². The van der Waals surface area contributed by atoms with Gasteiger partial charge in [0.15, 0.2) is 0 Å². The Kier molecular flexibility index (Phi) is 4.90. The molecule has 1 aromatic heterocycles. The van der Waals surface area contributed by atoms with E-state index >= 15 is 0 Å². The number of rotatable bonds is 6. The fraction of sp³-hybridized carbons (Fsp3) is 0.333. The molecule has 0 saturated heterocycles. The molecule has 0 aliphatic carbocycles. The summed E-state index contributed by atoms with van der Waals surface area (Å²) in [6, 6.07) is 10.0. The minimum absolute atomic E-state index is 0.566. The van der Waals surface area contributed by atoms with Gasteiger partial charge in [0.1, 0.15) is 11.6 Å². The average Bonchev–Trinajstić information content (AvgIpc) is 2.45. The molecule has 5 nitrogen and oxygen atoms in total. The molecule has 0 atom stereocenters. The highest BCUT2D eigenvalue weighted by Crippen LogP contribution is 2.14. The molecule has 0 amide bonds. The van der Waals surface area contributed by atoms with Crippen LogP contribution in [0.15, 0.2) is 30.3 Å². The van der Waals surface area contributed by atoms with Gasteiger partial charge in [0.2, 0.25) is 5.88 Å². The number of aromatic nitrogens is 2. The van der Waals surface area contributed by atoms with Gasteiger partial charge in [-0.1, -0.05) is 24.3 Å². The van der Waals surface area contributed by atoms with Gasteiger partial charge in [0, 0.05) is 19.2 Å². The van der Waals surface area contributed by atoms with Crippen molar-refractivity contribution < 1.29 is 4.74 Å². The molecule has 2 aromatic rings. The molecule has 1 heterocycles. The Labute approximate surface area is 119 Å². The Hall–Kier alpha value is -2.14. The van der Waals surface area contributed by atoms with Crippen molar-refractivity contribution in [2.75, 3.05) is 11.9 Å². The lowest BCUT2D eigenvalue weighted by Crippen LogP contribution is -2.05. The van der Waals surface area contributed by atoms with Crippen molar-refractivity contribution in [3.05, 3.63) is 47.3 Å². The van der Waals surface area contributed by atoms with Crippen LogP contribution in [0, 0.1) is 6.92 Å². The van der Waals surface area contributed by atoms with E-state index in [9.17, 15) is 0 Å². The molecule has 106 valence electrons. The zero-order valence-corrected chi connectivity index (χ0v) is 11.9. The summed E-state index contributed by atoms with van der Waals surface area (Å²) in [5.74, 6) is 2.06. The molecule has 0 fully saturated rings. The van der Waals surface area contributed by atoms with E-state index in [1.165, 1.54) is 5.56 Å². The number of hydrogen-bond donors (Lipinski definition) is 2. The largest absolute Gasteiger partial charge is 0.478 e. The molecule has 5 heteroatoms. The molecule has 3 N–H and O–H groups in total. The van der Waals surface area contributed by atoms with Gasteiger partial charge >= 0.3 is 0 Å². The molecule has 1 aromatic carbocycles. The molecule has 0 aliphatic rings. The number of aryl methyl sites for hydroxylation is 1. The van der Waals surface area contributed by atoms with Gasteiger partial charge in [0.25, 0.3) is 0 Å². The molecular formula is C15H20N4O. The summed E-state index contributed by atoms with van der Waals surface area (Å²) in [6.07, 6.45) is 0. The van der Waals surface area contributed by atoms with Crippen molar-refractivity contribution in [3.8, 4) is 5.88 Å². The number of nitrogens with zero attached hydrogens (tertiary/aromatic N) is 2. The van der Waals surface area contributed by atoms with Crippen molar-refractivity contribution in [1.82, 2.24) is 9.97 Å². The predicted octanol–water partition coefficient (Wildman–Crippen LogP) is 2.25. The van der Waals surface area contributed by atoms with E-state index in [4.69, 9.17) is 10.5 Å². The second-order valence-electron chi connectivity index (χ2n) is 4.45. The van der Waals surface area contributed by atoms with Crippen LogP contribution in [0.25, 0.3) is 0 Å². The van der Waals surface area contributed by atoms with Crippen LogP contribution in [-0.4, -0.2) is 16.6 Å². The van der Waals surface area contributed by atoms with E-state index in [0.717, 1.165) is 11.4 Å². The number of nitrogens with two attached hydrogens (primary N) is 1. The molecule has 0 unspecified atom stereocenters. The van der Waals surface area contributed by atoms with Crippen LogP contribution >= 0.6 is 0 Å². The third-order valence-electron chi connectivity index (χ3n) is 2.84. The Balaban J connectivity index is 2.02. The van der Waals surface area contributed by atoms with Gasteiger partial charge in [-0.2, -0.15) is 4.98 Å². The number of anilines is 1. The second kappa shape index (κ2) is 6.86. The zero-order valence-electron chi connectivity index (χ0n) is 11.9. The first-order valence-electron chi connectivity index (χ1n) is 6.71. The molecule has 0 radical (unpaired) electrons. The summed E-state index contributed by atoms with van der Waals surface area (Å²) >= 11 is 0. The van der Waals surface area contributed by atoms with Gasteiger partial charge < -0.3 is 15.8 Å². The maximum atomic E-state index is 5.58. The highest BCUT2D eigenvalue weighted by molar-refractivity contribution is 5.39. The first-order chi connectivity index (χ1) is 9.71. The fourth-order valence-corrected chi connectivity index (χ4v) is 1.84. The normalized spacial score (nSPS) is 10.3. The number of benzene rings is 1. The lowest BCUT2D eigenvalue weighted by Gasteiger charge is -2.09. The molecule has 0 saturated carbocycles. The molecular weight excluding hydrogens is 252 g/mol. The zero-order chi connectivity index (χ0) is 14.4. The van der Waals surface area contributed by atoms with Gasteiger partial charge in [-0.05, 0) is 25.0 Å². The third kappa shape index (κ3) is 3.93. The number of nitrogens with one attached hydrogen (secondary N) is 1. The van der Waals surface area contributed by atoms with Crippen LogP contribution in [0.2, 0.25) is 0 Å². The molecule has 2 rings (SSSR count). The Morgan fingerprint density at radius 2 is 1.85 bits per heavy atom. The fourth-order valence-electron chi connectivity index (χ4n) is 1.84. The molecule has 0 bridgehead atoms. The lowest BCUT2D eigenvalue weighted by molar-refractivity contribution is 0.325. The van der Waals surface area contributed by atoms with Crippen LogP contribution in [0.5, 0.6) is 5.88 Å². The van der Waals surface area contributed by atoms with Crippen molar-refractivity contribution in [1.29, 1.82) is 0 Å². The summed E-state index contributed by atoms with van der Waals surface area (Å²) in [5.41, 5.74) is 7.89. The Bertz CT molecular complexity index is 554. The summed E-state index contributed by atoms with van der Waals surface area (Å²) in [7, 11) is 0. The highest BCUT2D eigenvalue weighted by atomic mass is 16.5. The monoisotopic (exact) mass is 272 g/mol. The highest BCUT2D eigenvalue weighted by Gasteiger charge is 2.02. The third-order valence-corrected chi connectivity index (χ3v) is 2.84. The standard InChI is InChI=1S/C15H20N4O/c1-3-20-15-8-14(18-11(2)19-15)17-10-13-6-4-12(9-16)5-7-13/h4-8H,3,9-10,16H2,1-2H3,(H,17,18,19). The summed E-state index contributed by atoms with van der Waals surface area (Å²) in [5, 5.41) is 3.28. The molecule has 20 heavy (non-hydrogen) atoms. The Morgan fingerprint density at radius 1 is 1.15 bits per heavy atom. The first kappa shape index (κ1) is 14.3. The van der Waals surface area contributed by atoms with Crippen LogP contribution in [0.3, 0.4) is 0 Å². The van der Waals surface area contributed by atoms with Crippen LogP contribution < -0.4 is 15.8 Å². The summed E-state index contributed by atoms with van der Waals surface area (Å²) in [6.45, 7) is 5.65. The van der Waals surface area contributed by atoms with Crippen LogP contribution in [0.4, 0.5) is 5.82 Å². The quantitative estimate of drug-likeness (QED) is 0.843. The smallest absolute Gasteiger partial charge is 0.218 e. The number of hydrogen-bond acceptors (Lipinski definition) is 5. The summed E-state index contributed by atoms with van der Waals surface area (Å²) < 4.78 is 5.40. The lowest BCUT2D eigenvalue weighted by atomic mass is 10.1. The predicted molar refractivity (Wildman–Crippen MR) is 79.6 cm³/mol. The SMILES string of the molecule is CCOc1cc(NCc2ccc(CN)cc2)nc(C)n1. The van der Waals surface area contributed by atoms with Crippen LogP contribution in [0.1, 0.15) is 23.9 Å². The molecule has 0 spiro atoms. The maximum Gasteiger partial charge on any atom is 0.218 e. The molecule has 0 aliphatic heterocycles. The van der Waals surface area contributed by atoms with Crippen molar-refractivity contribution in [2.45, 2.75) is 26.9 Å². The van der Waals surface area contributed by atoms with E-state index < -0.39 is 0 Å². The maximum absolute atomic E-state index is 5.58. The van der Waals surface area contributed by atoms with Gasteiger partial charge in [-0.15, -0.1) is 0 Å². The van der Waals surface area contributed by atoms with Gasteiger partial charge in [-0.3, -0.25) is 0 Å². The Morgan fingerprint density at radius 3 is 2.50 bits per heavy atom. The van der Waals surface area contributed by atoms with E-state index in [0.29, 0.717) is 31.4 Å². The van der Waals surface area contributed by atoms with Gasteiger partial charge in [0.05, 0.1) is 6.61 Å². The van der Waals surface area contributed by atoms with Crippen molar-refractivity contribution in [2.24, 2.45) is 5.73 Å². The topological polar surface area (TPSA) is 73.1 Å². The minimum atomic E-state index is 0.566. The van der Waals surface area contributed by atoms with E-state index in [1.807, 2.05) is 32.0 Å². The first-order valence-corrected chi connectivity index (χ1v) is 6.71.